The SMILES string of the molecule is C[C@@H](OC(=O)[C@@H](N)Cc1c[nH]cn1)[C@H](N)C(=O)O.NCCCC[C@H](N)C(=O)O. The van der Waals surface area contributed by atoms with Gasteiger partial charge >= 0.3 is 17.9 Å². The number of nitrogens with two attached hydrogens (primary N) is 4. The van der Waals surface area contributed by atoms with E-state index < -0.39 is 42.1 Å². The fraction of sp³-hybridized carbons (Fsp3) is 0.625. The summed E-state index contributed by atoms with van der Waals surface area (Å²) in [6, 6.07) is -2.89. The second-order valence-corrected chi connectivity index (χ2v) is 6.11. The van der Waals surface area contributed by atoms with Crippen molar-refractivity contribution in [3.63, 3.8) is 0 Å². The second kappa shape index (κ2) is 13.6. The molecule has 1 aromatic heterocycles. The van der Waals surface area contributed by atoms with E-state index in [0.29, 0.717) is 18.7 Å². The van der Waals surface area contributed by atoms with Gasteiger partial charge in [-0.25, -0.2) is 4.98 Å². The second-order valence-electron chi connectivity index (χ2n) is 6.11. The Morgan fingerprint density at radius 3 is 2.25 bits per heavy atom. The zero-order valence-corrected chi connectivity index (χ0v) is 15.8. The summed E-state index contributed by atoms with van der Waals surface area (Å²) in [5, 5.41) is 17.0. The van der Waals surface area contributed by atoms with Crippen LogP contribution in [0.2, 0.25) is 0 Å². The number of nitrogens with zero attached hydrogens (tertiary/aromatic N) is 1. The van der Waals surface area contributed by atoms with E-state index in [-0.39, 0.29) is 6.42 Å². The van der Waals surface area contributed by atoms with Crippen molar-refractivity contribution in [3.8, 4) is 0 Å². The minimum Gasteiger partial charge on any atom is -0.480 e. The molecule has 0 amide bonds. The molecule has 12 nitrogen and oxygen atoms in total. The van der Waals surface area contributed by atoms with Gasteiger partial charge in [-0.15, -0.1) is 0 Å². The molecule has 0 aliphatic heterocycles. The monoisotopic (exact) mass is 402 g/mol. The van der Waals surface area contributed by atoms with Crippen LogP contribution < -0.4 is 22.9 Å². The molecule has 0 aliphatic carbocycles. The molecule has 160 valence electrons. The van der Waals surface area contributed by atoms with Crippen LogP contribution >= 0.6 is 0 Å². The van der Waals surface area contributed by atoms with Gasteiger partial charge in [-0.3, -0.25) is 14.4 Å². The summed E-state index contributed by atoms with van der Waals surface area (Å²) in [5.74, 6) is -2.88. The highest BCUT2D eigenvalue weighted by atomic mass is 16.5. The van der Waals surface area contributed by atoms with Crippen molar-refractivity contribution < 1.29 is 29.3 Å². The lowest BCUT2D eigenvalue weighted by Crippen LogP contribution is -2.45. The standard InChI is InChI=1S/C10H16N4O4.C6H14N2O2/c1-5(8(12)9(15)16)18-10(17)7(11)2-6-3-13-4-14-6;7-4-2-1-3-5(8)6(9)10/h3-5,7-8H,2,11-12H2,1H3,(H,13,14)(H,15,16);5H,1-4,7-8H2,(H,9,10)/t5-,7+,8+;5-/m10/s1. The third kappa shape index (κ3) is 10.6. The molecule has 1 aromatic rings. The van der Waals surface area contributed by atoms with E-state index >= 15 is 0 Å². The molecule has 0 saturated carbocycles. The Morgan fingerprint density at radius 1 is 1.14 bits per heavy atom. The van der Waals surface area contributed by atoms with E-state index in [1.165, 1.54) is 13.3 Å². The van der Waals surface area contributed by atoms with E-state index in [0.717, 1.165) is 12.8 Å². The minimum atomic E-state index is -1.27. The summed E-state index contributed by atoms with van der Waals surface area (Å²) in [6.45, 7) is 2.00. The lowest BCUT2D eigenvalue weighted by atomic mass is 10.1. The zero-order chi connectivity index (χ0) is 21.7. The fourth-order valence-corrected chi connectivity index (χ4v) is 1.89. The smallest absolute Gasteiger partial charge is 0.324 e. The first-order chi connectivity index (χ1) is 13.1. The van der Waals surface area contributed by atoms with E-state index in [1.54, 1.807) is 6.20 Å². The van der Waals surface area contributed by atoms with E-state index in [9.17, 15) is 14.4 Å². The van der Waals surface area contributed by atoms with Crippen molar-refractivity contribution in [2.45, 2.75) is 56.8 Å². The number of hydrogen-bond donors (Lipinski definition) is 7. The predicted molar refractivity (Wildman–Crippen MR) is 99.9 cm³/mol. The summed E-state index contributed by atoms with van der Waals surface area (Å²) < 4.78 is 4.88. The van der Waals surface area contributed by atoms with Crippen LogP contribution in [0.1, 0.15) is 31.9 Å². The molecule has 12 heteroatoms. The Morgan fingerprint density at radius 2 is 1.79 bits per heavy atom. The van der Waals surface area contributed by atoms with Crippen LogP contribution in [0.25, 0.3) is 0 Å². The van der Waals surface area contributed by atoms with Crippen LogP contribution in [-0.4, -0.2) is 68.9 Å². The summed E-state index contributed by atoms with van der Waals surface area (Å²) in [5.41, 5.74) is 22.0. The first kappa shape index (κ1) is 25.5. The van der Waals surface area contributed by atoms with Crippen molar-refractivity contribution in [1.29, 1.82) is 0 Å². The number of carboxylic acids is 2. The number of ether oxygens (including phenoxy) is 1. The van der Waals surface area contributed by atoms with Gasteiger partial charge in [0.1, 0.15) is 24.2 Å². The van der Waals surface area contributed by atoms with E-state index in [1.807, 2.05) is 0 Å². The van der Waals surface area contributed by atoms with Crippen molar-refractivity contribution in [2.24, 2.45) is 22.9 Å². The number of carboxylic acid groups (broad SMARTS) is 2. The Bertz CT molecular complexity index is 596. The molecule has 0 aliphatic rings. The molecule has 0 unspecified atom stereocenters. The number of nitrogens with one attached hydrogen (secondary N) is 1. The third-order valence-electron chi connectivity index (χ3n) is 3.67. The maximum Gasteiger partial charge on any atom is 0.324 e. The van der Waals surface area contributed by atoms with E-state index in [2.05, 4.69) is 9.97 Å². The molecule has 0 fully saturated rings. The van der Waals surface area contributed by atoms with Gasteiger partial charge in [0.25, 0.3) is 0 Å². The minimum absolute atomic E-state index is 0.206. The van der Waals surface area contributed by atoms with Gasteiger partial charge in [-0.1, -0.05) is 6.42 Å². The van der Waals surface area contributed by atoms with Crippen molar-refractivity contribution in [1.82, 2.24) is 9.97 Å². The molecule has 0 radical (unpaired) electrons. The molecule has 0 saturated heterocycles. The first-order valence-electron chi connectivity index (χ1n) is 8.70. The van der Waals surface area contributed by atoms with Crippen molar-refractivity contribution >= 4 is 17.9 Å². The normalized spacial score (nSPS) is 14.8. The molecule has 0 aromatic carbocycles. The molecular weight excluding hydrogens is 372 g/mol. The summed E-state index contributed by atoms with van der Waals surface area (Å²) in [7, 11) is 0. The van der Waals surface area contributed by atoms with Crippen LogP contribution in [0.4, 0.5) is 0 Å². The van der Waals surface area contributed by atoms with Crippen LogP contribution in [0, 0.1) is 0 Å². The molecular formula is C16H30N6O6. The molecule has 28 heavy (non-hydrogen) atoms. The molecule has 11 N–H and O–H groups in total. The number of esters is 1. The molecule has 0 bridgehead atoms. The number of hydrogen-bond acceptors (Lipinski definition) is 9. The highest BCUT2D eigenvalue weighted by molar-refractivity contribution is 5.78. The molecule has 1 heterocycles. The molecule has 1 rings (SSSR count). The number of unbranched alkanes of at least 4 members (excludes halogenated alkanes) is 1. The Balaban J connectivity index is 0.000000621. The van der Waals surface area contributed by atoms with Gasteiger partial charge < -0.3 is 42.9 Å². The Labute approximate surface area is 162 Å². The summed E-state index contributed by atoms with van der Waals surface area (Å²) in [4.78, 5) is 38.9. The van der Waals surface area contributed by atoms with Crippen LogP contribution in [-0.2, 0) is 25.5 Å². The van der Waals surface area contributed by atoms with Gasteiger partial charge in [-0.2, -0.15) is 0 Å². The third-order valence-corrected chi connectivity index (χ3v) is 3.67. The van der Waals surface area contributed by atoms with Crippen molar-refractivity contribution in [3.05, 3.63) is 18.2 Å². The number of carbonyl (C=O) groups excluding carboxylic acids is 1. The van der Waals surface area contributed by atoms with Crippen molar-refractivity contribution in [2.75, 3.05) is 6.54 Å². The summed E-state index contributed by atoms with van der Waals surface area (Å²) >= 11 is 0. The fourth-order valence-electron chi connectivity index (χ4n) is 1.89. The van der Waals surface area contributed by atoms with Crippen LogP contribution in [0.3, 0.4) is 0 Å². The number of rotatable bonds is 11. The number of H-pyrrole nitrogens is 1. The number of aliphatic carboxylic acids is 2. The molecule has 0 spiro atoms. The Hall–Kier alpha value is -2.54. The van der Waals surface area contributed by atoms with Crippen LogP contribution in [0.15, 0.2) is 12.5 Å². The topological polar surface area (TPSA) is 234 Å². The lowest BCUT2D eigenvalue weighted by Gasteiger charge is -2.19. The quantitative estimate of drug-likeness (QED) is 0.160. The average molecular weight is 402 g/mol. The lowest BCUT2D eigenvalue weighted by molar-refractivity contribution is -0.154. The zero-order valence-electron chi connectivity index (χ0n) is 15.8. The van der Waals surface area contributed by atoms with Gasteiger partial charge in [0, 0.05) is 12.6 Å². The predicted octanol–water partition coefficient (Wildman–Crippen LogP) is -1.85. The van der Waals surface area contributed by atoms with Gasteiger partial charge in [0.2, 0.25) is 0 Å². The number of imidazole rings is 1. The number of aromatic amines is 1. The van der Waals surface area contributed by atoms with E-state index in [4.69, 9.17) is 37.9 Å². The maximum absolute atomic E-state index is 11.6. The highest BCUT2D eigenvalue weighted by Gasteiger charge is 2.26. The first-order valence-corrected chi connectivity index (χ1v) is 8.70. The highest BCUT2D eigenvalue weighted by Crippen LogP contribution is 2.03. The maximum atomic E-state index is 11.6. The van der Waals surface area contributed by atoms with Gasteiger partial charge in [0.15, 0.2) is 0 Å². The van der Waals surface area contributed by atoms with Gasteiger partial charge in [0.05, 0.1) is 12.0 Å². The number of carbonyl (C=O) groups is 3. The summed E-state index contributed by atoms with van der Waals surface area (Å²) in [6.07, 6.45) is 4.50. The largest absolute Gasteiger partial charge is 0.480 e. The van der Waals surface area contributed by atoms with Gasteiger partial charge in [-0.05, 0) is 26.3 Å². The number of aromatic nitrogens is 2. The average Bonchev–Trinajstić information content (AvgIpc) is 3.14. The molecule has 4 atom stereocenters. The van der Waals surface area contributed by atoms with Crippen LogP contribution in [0.5, 0.6) is 0 Å². The Kier molecular flexibility index (Phi) is 12.4.